The summed E-state index contributed by atoms with van der Waals surface area (Å²) in [5, 5.41) is 0.895. The van der Waals surface area contributed by atoms with Crippen LogP contribution in [-0.2, 0) is 0 Å². The van der Waals surface area contributed by atoms with E-state index >= 15 is 0 Å². The zero-order chi connectivity index (χ0) is 11.8. The maximum absolute atomic E-state index is 11.9. The Kier molecular flexibility index (Phi) is 2.59. The summed E-state index contributed by atoms with van der Waals surface area (Å²) in [6.45, 7) is 0. The summed E-state index contributed by atoms with van der Waals surface area (Å²) in [6.07, 6.45) is 7.63. The van der Waals surface area contributed by atoms with Gasteiger partial charge in [-0.1, -0.05) is 24.4 Å². The summed E-state index contributed by atoms with van der Waals surface area (Å²) < 4.78 is 0. The van der Waals surface area contributed by atoms with Gasteiger partial charge >= 0.3 is 0 Å². The van der Waals surface area contributed by atoms with Crippen LogP contribution in [0.1, 0.15) is 37.4 Å². The SMILES string of the molecule is O=c1[nH]c(C2CCCC2)nc2c(Cl)cncc12. The number of pyridine rings is 1. The highest BCUT2D eigenvalue weighted by Crippen LogP contribution is 2.32. The van der Waals surface area contributed by atoms with Crippen LogP contribution < -0.4 is 5.56 Å². The molecule has 1 aliphatic carbocycles. The molecule has 2 aromatic heterocycles. The normalized spacial score (nSPS) is 16.8. The second-order valence-electron chi connectivity index (χ2n) is 4.45. The lowest BCUT2D eigenvalue weighted by molar-refractivity contribution is 0.669. The Bertz CT molecular complexity index is 617. The molecule has 0 spiro atoms. The second-order valence-corrected chi connectivity index (χ2v) is 4.86. The zero-order valence-corrected chi connectivity index (χ0v) is 10.00. The first-order valence-electron chi connectivity index (χ1n) is 5.79. The predicted octanol–water partition coefficient (Wildman–Crippen LogP) is 2.63. The Morgan fingerprint density at radius 2 is 2.06 bits per heavy atom. The average Bonchev–Trinajstić information content (AvgIpc) is 2.84. The molecule has 3 rings (SSSR count). The van der Waals surface area contributed by atoms with Gasteiger partial charge in [-0.2, -0.15) is 0 Å². The molecule has 0 aromatic carbocycles. The van der Waals surface area contributed by atoms with E-state index in [1.807, 2.05) is 0 Å². The van der Waals surface area contributed by atoms with Crippen molar-refractivity contribution >= 4 is 22.5 Å². The number of rotatable bonds is 1. The van der Waals surface area contributed by atoms with Crippen molar-refractivity contribution in [3.8, 4) is 0 Å². The van der Waals surface area contributed by atoms with Crippen molar-refractivity contribution in [2.75, 3.05) is 0 Å². The summed E-state index contributed by atoms with van der Waals surface area (Å²) in [7, 11) is 0. The van der Waals surface area contributed by atoms with E-state index in [1.165, 1.54) is 25.2 Å². The van der Waals surface area contributed by atoms with Gasteiger partial charge in [-0.25, -0.2) is 4.98 Å². The molecule has 1 saturated carbocycles. The Balaban J connectivity index is 2.22. The zero-order valence-electron chi connectivity index (χ0n) is 9.24. The fraction of sp³-hybridized carbons (Fsp3) is 0.417. The van der Waals surface area contributed by atoms with Crippen LogP contribution >= 0.6 is 11.6 Å². The largest absolute Gasteiger partial charge is 0.310 e. The fourth-order valence-corrected chi connectivity index (χ4v) is 2.63. The molecule has 5 heteroatoms. The summed E-state index contributed by atoms with van der Waals surface area (Å²) in [6, 6.07) is 0. The highest BCUT2D eigenvalue weighted by molar-refractivity contribution is 6.34. The summed E-state index contributed by atoms with van der Waals surface area (Å²) in [4.78, 5) is 23.2. The van der Waals surface area contributed by atoms with Crippen LogP contribution in [0.2, 0.25) is 5.02 Å². The van der Waals surface area contributed by atoms with E-state index < -0.39 is 0 Å². The Morgan fingerprint density at radius 1 is 1.29 bits per heavy atom. The van der Waals surface area contributed by atoms with Gasteiger partial charge in [0.05, 0.1) is 15.9 Å². The molecule has 0 saturated heterocycles. The van der Waals surface area contributed by atoms with E-state index in [1.54, 1.807) is 0 Å². The third kappa shape index (κ3) is 1.82. The van der Waals surface area contributed by atoms with Gasteiger partial charge < -0.3 is 4.98 Å². The van der Waals surface area contributed by atoms with Crippen LogP contribution in [0.15, 0.2) is 17.2 Å². The van der Waals surface area contributed by atoms with Crippen molar-refractivity contribution in [2.24, 2.45) is 0 Å². The molecule has 4 nitrogen and oxygen atoms in total. The number of nitrogens with one attached hydrogen (secondary N) is 1. The number of hydrogen-bond donors (Lipinski definition) is 1. The number of aromatic nitrogens is 3. The number of aromatic amines is 1. The number of hydrogen-bond acceptors (Lipinski definition) is 3. The van der Waals surface area contributed by atoms with Crippen LogP contribution in [0.25, 0.3) is 10.9 Å². The first-order chi connectivity index (χ1) is 8.25. The maximum Gasteiger partial charge on any atom is 0.260 e. The fourth-order valence-electron chi connectivity index (χ4n) is 2.43. The molecule has 17 heavy (non-hydrogen) atoms. The Morgan fingerprint density at radius 3 is 2.82 bits per heavy atom. The van der Waals surface area contributed by atoms with Gasteiger partial charge in [-0.3, -0.25) is 9.78 Å². The minimum Gasteiger partial charge on any atom is -0.310 e. The molecule has 1 aliphatic rings. The number of H-pyrrole nitrogens is 1. The molecular formula is C12H12ClN3O. The van der Waals surface area contributed by atoms with Crippen molar-refractivity contribution in [2.45, 2.75) is 31.6 Å². The van der Waals surface area contributed by atoms with E-state index in [2.05, 4.69) is 15.0 Å². The molecule has 0 unspecified atom stereocenters. The Labute approximate surface area is 103 Å². The minimum atomic E-state index is -0.146. The average molecular weight is 250 g/mol. The third-order valence-corrected chi connectivity index (χ3v) is 3.61. The molecule has 0 radical (unpaired) electrons. The van der Waals surface area contributed by atoms with E-state index in [9.17, 15) is 4.79 Å². The second kappa shape index (κ2) is 4.11. The first kappa shape index (κ1) is 10.7. The molecule has 2 heterocycles. The molecule has 88 valence electrons. The summed E-state index contributed by atoms with van der Waals surface area (Å²) >= 11 is 6.03. The maximum atomic E-state index is 11.9. The van der Waals surface area contributed by atoms with Crippen LogP contribution in [0.3, 0.4) is 0 Å². The highest BCUT2D eigenvalue weighted by atomic mass is 35.5. The minimum absolute atomic E-state index is 0.146. The standard InChI is InChI=1S/C12H12ClN3O/c13-9-6-14-5-8-10(9)15-11(16-12(8)17)7-3-1-2-4-7/h5-7H,1-4H2,(H,15,16,17). The molecule has 0 atom stereocenters. The summed E-state index contributed by atoms with van der Waals surface area (Å²) in [5.74, 6) is 1.14. The van der Waals surface area contributed by atoms with Crippen molar-refractivity contribution < 1.29 is 0 Å². The van der Waals surface area contributed by atoms with E-state index in [0.717, 1.165) is 18.7 Å². The van der Waals surface area contributed by atoms with E-state index in [0.29, 0.717) is 21.8 Å². The van der Waals surface area contributed by atoms with Crippen molar-refractivity contribution in [1.29, 1.82) is 0 Å². The first-order valence-corrected chi connectivity index (χ1v) is 6.17. The topological polar surface area (TPSA) is 58.6 Å². The number of fused-ring (bicyclic) bond motifs is 1. The van der Waals surface area contributed by atoms with Gasteiger partial charge in [0, 0.05) is 18.3 Å². The van der Waals surface area contributed by atoms with Crippen LogP contribution in [0.5, 0.6) is 0 Å². The highest BCUT2D eigenvalue weighted by Gasteiger charge is 2.20. The summed E-state index contributed by atoms with van der Waals surface area (Å²) in [5.41, 5.74) is 0.416. The molecule has 1 fully saturated rings. The van der Waals surface area contributed by atoms with E-state index in [-0.39, 0.29) is 5.56 Å². The quantitative estimate of drug-likeness (QED) is 0.845. The smallest absolute Gasteiger partial charge is 0.260 e. The molecular weight excluding hydrogens is 238 g/mol. The lowest BCUT2D eigenvalue weighted by atomic mass is 10.1. The van der Waals surface area contributed by atoms with Crippen molar-refractivity contribution in [1.82, 2.24) is 15.0 Å². The lowest BCUT2D eigenvalue weighted by Gasteiger charge is -2.09. The molecule has 1 N–H and O–H groups in total. The molecule has 0 aliphatic heterocycles. The van der Waals surface area contributed by atoms with Gasteiger partial charge in [0.15, 0.2) is 0 Å². The molecule has 0 bridgehead atoms. The third-order valence-electron chi connectivity index (χ3n) is 3.33. The lowest BCUT2D eigenvalue weighted by Crippen LogP contribution is -2.14. The monoisotopic (exact) mass is 249 g/mol. The van der Waals surface area contributed by atoms with Crippen LogP contribution in [0, 0.1) is 0 Å². The van der Waals surface area contributed by atoms with E-state index in [4.69, 9.17) is 11.6 Å². The van der Waals surface area contributed by atoms with Crippen molar-refractivity contribution in [3.63, 3.8) is 0 Å². The van der Waals surface area contributed by atoms with Gasteiger partial charge in [0.2, 0.25) is 0 Å². The van der Waals surface area contributed by atoms with Gasteiger partial charge in [-0.15, -0.1) is 0 Å². The molecule has 0 amide bonds. The number of nitrogens with zero attached hydrogens (tertiary/aromatic N) is 2. The van der Waals surface area contributed by atoms with Gasteiger partial charge in [0.1, 0.15) is 5.82 Å². The Hall–Kier alpha value is -1.42. The number of halogens is 1. The predicted molar refractivity (Wildman–Crippen MR) is 66.4 cm³/mol. The van der Waals surface area contributed by atoms with Crippen LogP contribution in [0.4, 0.5) is 0 Å². The van der Waals surface area contributed by atoms with Gasteiger partial charge in [-0.05, 0) is 12.8 Å². The van der Waals surface area contributed by atoms with Crippen LogP contribution in [-0.4, -0.2) is 15.0 Å². The van der Waals surface area contributed by atoms with Gasteiger partial charge in [0.25, 0.3) is 5.56 Å². The van der Waals surface area contributed by atoms with Crippen molar-refractivity contribution in [3.05, 3.63) is 33.6 Å². The molecule has 2 aromatic rings.